The molecule has 0 bridgehead atoms. The lowest BCUT2D eigenvalue weighted by atomic mass is 10.2. The average Bonchev–Trinajstić information content (AvgIpc) is 2.31. The molecular weight excluding hydrogens is 218 g/mol. The topological polar surface area (TPSA) is 46.6 Å². The van der Waals surface area contributed by atoms with Crippen LogP contribution in [0.25, 0.3) is 0 Å². The monoisotopic (exact) mass is 239 g/mol. The third kappa shape index (κ3) is 3.57. The number of nitrogens with one attached hydrogen (secondary N) is 1. The Labute approximate surface area is 103 Å². The van der Waals surface area contributed by atoms with Gasteiger partial charge in [-0.25, -0.2) is 0 Å². The molecule has 5 heteroatoms. The molecule has 0 amide bonds. The highest BCUT2D eigenvalue weighted by molar-refractivity contribution is 5.68. The number of anilines is 2. The summed E-state index contributed by atoms with van der Waals surface area (Å²) in [5, 5.41) is 3.34. The molecule has 1 N–H and O–H groups in total. The molecule has 1 aromatic heterocycles. The van der Waals surface area contributed by atoms with E-state index in [9.17, 15) is 0 Å². The quantitative estimate of drug-likeness (QED) is 0.763. The summed E-state index contributed by atoms with van der Waals surface area (Å²) >= 11 is 0. The van der Waals surface area contributed by atoms with E-state index in [0.717, 1.165) is 11.4 Å². The molecule has 0 aromatic carbocycles. The molecule has 1 rings (SSSR count). The number of pyridine rings is 1. The van der Waals surface area contributed by atoms with Crippen LogP contribution in [0.4, 0.5) is 11.4 Å². The minimum atomic E-state index is -0.287. The van der Waals surface area contributed by atoms with Gasteiger partial charge in [-0.15, -0.1) is 0 Å². The van der Waals surface area contributed by atoms with Gasteiger partial charge < -0.3 is 19.7 Å². The van der Waals surface area contributed by atoms with Crippen LogP contribution in [0.2, 0.25) is 0 Å². The zero-order valence-electron chi connectivity index (χ0n) is 11.1. The highest BCUT2D eigenvalue weighted by Gasteiger charge is 2.17. The van der Waals surface area contributed by atoms with Crippen molar-refractivity contribution >= 4 is 11.4 Å². The van der Waals surface area contributed by atoms with Gasteiger partial charge in [0.25, 0.3) is 0 Å². The summed E-state index contributed by atoms with van der Waals surface area (Å²) in [6, 6.07) is 2.00. The molecule has 0 fully saturated rings. The van der Waals surface area contributed by atoms with E-state index >= 15 is 0 Å². The maximum atomic E-state index is 5.22. The Morgan fingerprint density at radius 1 is 1.29 bits per heavy atom. The SMILES string of the molecule is COC(OC)C(C)Nc1cnccc1N(C)C. The summed E-state index contributed by atoms with van der Waals surface area (Å²) < 4.78 is 10.4. The van der Waals surface area contributed by atoms with Crippen LogP contribution in [0.3, 0.4) is 0 Å². The summed E-state index contributed by atoms with van der Waals surface area (Å²) in [7, 11) is 7.25. The van der Waals surface area contributed by atoms with Crippen molar-refractivity contribution in [1.29, 1.82) is 0 Å². The molecule has 0 saturated heterocycles. The summed E-state index contributed by atoms with van der Waals surface area (Å²) in [4.78, 5) is 6.15. The Hall–Kier alpha value is -1.33. The number of hydrogen-bond acceptors (Lipinski definition) is 5. The third-order valence-corrected chi connectivity index (χ3v) is 2.54. The Morgan fingerprint density at radius 2 is 1.94 bits per heavy atom. The van der Waals surface area contributed by atoms with E-state index in [0.29, 0.717) is 0 Å². The first kappa shape index (κ1) is 13.7. The highest BCUT2D eigenvalue weighted by atomic mass is 16.7. The molecule has 0 aliphatic heterocycles. The summed E-state index contributed by atoms with van der Waals surface area (Å²) in [6.45, 7) is 2.00. The number of rotatable bonds is 6. The summed E-state index contributed by atoms with van der Waals surface area (Å²) in [5.74, 6) is 0. The number of nitrogens with zero attached hydrogens (tertiary/aromatic N) is 2. The van der Waals surface area contributed by atoms with E-state index in [1.807, 2.05) is 32.0 Å². The molecule has 96 valence electrons. The number of methoxy groups -OCH3 is 2. The van der Waals surface area contributed by atoms with Crippen LogP contribution >= 0.6 is 0 Å². The molecule has 0 radical (unpaired) electrons. The number of aromatic nitrogens is 1. The van der Waals surface area contributed by atoms with Gasteiger partial charge in [0.1, 0.15) is 0 Å². The zero-order valence-corrected chi connectivity index (χ0v) is 11.1. The van der Waals surface area contributed by atoms with Gasteiger partial charge >= 0.3 is 0 Å². The van der Waals surface area contributed by atoms with Gasteiger partial charge in [-0.2, -0.15) is 0 Å². The standard InChI is InChI=1S/C12H21N3O2/c1-9(12(16-4)17-5)14-10-8-13-7-6-11(10)15(2)3/h6-9,12,14H,1-5H3. The van der Waals surface area contributed by atoms with Crippen LogP contribution in [0.15, 0.2) is 18.5 Å². The smallest absolute Gasteiger partial charge is 0.176 e. The molecule has 5 nitrogen and oxygen atoms in total. The second-order valence-corrected chi connectivity index (χ2v) is 4.06. The first-order chi connectivity index (χ1) is 8.10. The molecule has 1 atom stereocenters. The lowest BCUT2D eigenvalue weighted by Gasteiger charge is -2.25. The second kappa shape index (κ2) is 6.42. The van der Waals surface area contributed by atoms with Crippen LogP contribution in [0, 0.1) is 0 Å². The van der Waals surface area contributed by atoms with Gasteiger partial charge in [0.2, 0.25) is 0 Å². The lowest BCUT2D eigenvalue weighted by Crippen LogP contribution is -2.34. The van der Waals surface area contributed by atoms with Crippen molar-refractivity contribution in [1.82, 2.24) is 4.98 Å². The minimum Gasteiger partial charge on any atom is -0.376 e. The highest BCUT2D eigenvalue weighted by Crippen LogP contribution is 2.23. The predicted octanol–water partition coefficient (Wildman–Crippen LogP) is 1.57. The first-order valence-electron chi connectivity index (χ1n) is 5.53. The van der Waals surface area contributed by atoms with Crippen molar-refractivity contribution in [3.8, 4) is 0 Å². The summed E-state index contributed by atoms with van der Waals surface area (Å²) in [5.41, 5.74) is 2.04. The normalized spacial score (nSPS) is 12.6. The lowest BCUT2D eigenvalue weighted by molar-refractivity contribution is -0.109. The molecule has 0 saturated carbocycles. The molecular formula is C12H21N3O2. The average molecular weight is 239 g/mol. The third-order valence-electron chi connectivity index (χ3n) is 2.54. The van der Waals surface area contributed by atoms with Gasteiger partial charge in [0.15, 0.2) is 6.29 Å². The van der Waals surface area contributed by atoms with Crippen molar-refractivity contribution in [2.45, 2.75) is 19.3 Å². The van der Waals surface area contributed by atoms with Crippen molar-refractivity contribution in [3.05, 3.63) is 18.5 Å². The van der Waals surface area contributed by atoms with E-state index in [1.165, 1.54) is 0 Å². The van der Waals surface area contributed by atoms with Gasteiger partial charge in [-0.1, -0.05) is 0 Å². The van der Waals surface area contributed by atoms with Crippen LogP contribution in [0.5, 0.6) is 0 Å². The van der Waals surface area contributed by atoms with Crippen molar-refractivity contribution in [3.63, 3.8) is 0 Å². The van der Waals surface area contributed by atoms with Crippen LogP contribution in [-0.2, 0) is 9.47 Å². The number of ether oxygens (including phenoxy) is 2. The molecule has 1 aromatic rings. The fourth-order valence-corrected chi connectivity index (χ4v) is 1.71. The maximum Gasteiger partial charge on any atom is 0.176 e. The first-order valence-corrected chi connectivity index (χ1v) is 5.53. The Balaban J connectivity index is 2.80. The second-order valence-electron chi connectivity index (χ2n) is 4.06. The molecule has 0 aliphatic rings. The fraction of sp³-hybridized carbons (Fsp3) is 0.583. The van der Waals surface area contributed by atoms with Gasteiger partial charge in [0, 0.05) is 34.5 Å². The van der Waals surface area contributed by atoms with Crippen molar-refractivity contribution < 1.29 is 9.47 Å². The van der Waals surface area contributed by atoms with E-state index < -0.39 is 0 Å². The Bertz CT molecular complexity index is 340. The largest absolute Gasteiger partial charge is 0.376 e. The van der Waals surface area contributed by atoms with E-state index in [2.05, 4.69) is 10.3 Å². The molecule has 17 heavy (non-hydrogen) atoms. The molecule has 0 aliphatic carbocycles. The summed E-state index contributed by atoms with van der Waals surface area (Å²) in [6.07, 6.45) is 3.29. The molecule has 1 heterocycles. The number of hydrogen-bond donors (Lipinski definition) is 1. The van der Waals surface area contributed by atoms with Crippen LogP contribution in [0.1, 0.15) is 6.92 Å². The molecule has 0 spiro atoms. The van der Waals surface area contributed by atoms with Crippen LogP contribution < -0.4 is 10.2 Å². The zero-order chi connectivity index (χ0) is 12.8. The fourth-order valence-electron chi connectivity index (χ4n) is 1.71. The van der Waals surface area contributed by atoms with Crippen molar-refractivity contribution in [2.75, 3.05) is 38.5 Å². The minimum absolute atomic E-state index is 0.0351. The van der Waals surface area contributed by atoms with Crippen LogP contribution in [-0.4, -0.2) is 45.6 Å². The van der Waals surface area contributed by atoms with E-state index in [4.69, 9.17) is 9.47 Å². The van der Waals surface area contributed by atoms with Gasteiger partial charge in [0.05, 0.1) is 23.6 Å². The van der Waals surface area contributed by atoms with E-state index in [-0.39, 0.29) is 12.3 Å². The maximum absolute atomic E-state index is 5.22. The van der Waals surface area contributed by atoms with Gasteiger partial charge in [-0.3, -0.25) is 4.98 Å². The Kier molecular flexibility index (Phi) is 5.18. The molecule has 1 unspecified atom stereocenters. The Morgan fingerprint density at radius 3 is 2.47 bits per heavy atom. The van der Waals surface area contributed by atoms with Crippen molar-refractivity contribution in [2.24, 2.45) is 0 Å². The van der Waals surface area contributed by atoms with Gasteiger partial charge in [-0.05, 0) is 13.0 Å². The predicted molar refractivity (Wildman–Crippen MR) is 69.5 cm³/mol. The van der Waals surface area contributed by atoms with E-state index in [1.54, 1.807) is 26.6 Å².